The number of carbonyl (C=O) groups is 1. The van der Waals surface area contributed by atoms with Crippen molar-refractivity contribution in [3.8, 4) is 0 Å². The van der Waals surface area contributed by atoms with Crippen LogP contribution < -0.4 is 5.73 Å². The van der Waals surface area contributed by atoms with Crippen LogP contribution in [-0.4, -0.2) is 44.1 Å². The molecule has 0 spiro atoms. The minimum Gasteiger partial charge on any atom is -0.369 e. The Morgan fingerprint density at radius 1 is 1.32 bits per heavy atom. The van der Waals surface area contributed by atoms with E-state index in [-0.39, 0.29) is 35.2 Å². The van der Waals surface area contributed by atoms with E-state index >= 15 is 0 Å². The van der Waals surface area contributed by atoms with Crippen molar-refractivity contribution in [2.24, 2.45) is 15.1 Å². The Bertz CT molecular complexity index is 1180. The molecule has 4 rings (SSSR count). The zero-order chi connectivity index (χ0) is 22.2. The molecule has 3 heterocycles. The molecule has 1 aromatic carbocycles. The molecule has 0 radical (unpaired) electrons. The summed E-state index contributed by atoms with van der Waals surface area (Å²) in [6, 6.07) is 7.59. The lowest BCUT2D eigenvalue weighted by molar-refractivity contribution is 0.0988. The van der Waals surface area contributed by atoms with Crippen molar-refractivity contribution < 1.29 is 13.4 Å². The normalized spacial score (nSPS) is 25.8. The lowest BCUT2D eigenvalue weighted by Crippen LogP contribution is -2.52. The molecule has 0 saturated heterocycles. The quantitative estimate of drug-likeness (QED) is 0.702. The minimum atomic E-state index is -2.83. The molecule has 31 heavy (non-hydrogen) atoms. The van der Waals surface area contributed by atoms with Gasteiger partial charge in [-0.1, -0.05) is 17.7 Å². The smallest absolute Gasteiger partial charge is 0.204 e. The molecule has 0 unspecified atom stereocenters. The Morgan fingerprint density at radius 3 is 2.87 bits per heavy atom. The summed E-state index contributed by atoms with van der Waals surface area (Å²) < 4.78 is 34.4. The maximum absolute atomic E-state index is 14.9. The number of hydrogen-bond donors (Lipinski definition) is 1. The van der Waals surface area contributed by atoms with Gasteiger partial charge < -0.3 is 5.73 Å². The predicted octanol–water partition coefficient (Wildman–Crippen LogP) is 3.32. The fourth-order valence-corrected chi connectivity index (χ4v) is 6.54. The van der Waals surface area contributed by atoms with Crippen molar-refractivity contribution in [3.05, 3.63) is 64.2 Å². The first-order valence-electron chi connectivity index (χ1n) is 9.97. The summed E-state index contributed by atoms with van der Waals surface area (Å²) in [5.41, 5.74) is 6.11. The Hall–Kier alpha value is -2.52. The van der Waals surface area contributed by atoms with E-state index in [4.69, 9.17) is 17.3 Å². The van der Waals surface area contributed by atoms with E-state index < -0.39 is 21.3 Å². The number of guanidine groups is 1. The van der Waals surface area contributed by atoms with Gasteiger partial charge in [0.25, 0.3) is 0 Å². The van der Waals surface area contributed by atoms with Crippen LogP contribution in [0.25, 0.3) is 0 Å². The highest BCUT2D eigenvalue weighted by atomic mass is 35.5. The number of hydrogen-bond acceptors (Lipinski definition) is 6. The highest BCUT2D eigenvalue weighted by Crippen LogP contribution is 2.36. The molecule has 0 amide bonds. The second kappa shape index (κ2) is 8.20. The summed E-state index contributed by atoms with van der Waals surface area (Å²) in [4.78, 5) is 21.2. The monoisotopic (exact) mass is 463 g/mol. The van der Waals surface area contributed by atoms with Gasteiger partial charge in [-0.05, 0) is 49.6 Å². The molecule has 1 aromatic heterocycles. The van der Waals surface area contributed by atoms with Crippen molar-refractivity contribution in [2.75, 3.05) is 18.8 Å². The van der Waals surface area contributed by atoms with Crippen LogP contribution >= 0.6 is 11.6 Å². The van der Waals surface area contributed by atoms with Crippen LogP contribution in [0.1, 0.15) is 41.4 Å². The zero-order valence-electron chi connectivity index (χ0n) is 17.1. The number of carbonyl (C=O) groups excluding carboxylic acids is 1. The van der Waals surface area contributed by atoms with Crippen LogP contribution in [-0.2, 0) is 21.9 Å². The van der Waals surface area contributed by atoms with E-state index in [0.29, 0.717) is 23.7 Å². The molecule has 164 valence electrons. The van der Waals surface area contributed by atoms with Crippen molar-refractivity contribution in [1.29, 1.82) is 0 Å². The van der Waals surface area contributed by atoms with Crippen LogP contribution in [0.15, 0.2) is 45.9 Å². The maximum atomic E-state index is 14.9. The van der Waals surface area contributed by atoms with Gasteiger partial charge in [0.05, 0.1) is 17.3 Å². The van der Waals surface area contributed by atoms with Crippen molar-refractivity contribution in [3.63, 3.8) is 0 Å². The first-order valence-corrected chi connectivity index (χ1v) is 12.0. The van der Waals surface area contributed by atoms with Crippen molar-refractivity contribution in [1.82, 2.24) is 9.29 Å². The van der Waals surface area contributed by atoms with Gasteiger partial charge in [-0.25, -0.2) is 18.0 Å². The molecule has 10 heteroatoms. The largest absolute Gasteiger partial charge is 0.369 e. The zero-order valence-corrected chi connectivity index (χ0v) is 18.6. The Labute approximate surface area is 185 Å². The number of nitrogens with zero attached hydrogens (tertiary/aromatic N) is 4. The Balaban J connectivity index is 1.69. The average molecular weight is 464 g/mol. The summed E-state index contributed by atoms with van der Waals surface area (Å²) in [7, 11) is -2.83. The third-order valence-electron chi connectivity index (χ3n) is 5.48. The molecular weight excluding hydrogens is 441 g/mol. The highest BCUT2D eigenvalue weighted by molar-refractivity contribution is 7.92. The molecule has 0 fully saturated rings. The van der Waals surface area contributed by atoms with E-state index in [1.807, 2.05) is 0 Å². The molecule has 0 aliphatic carbocycles. The molecule has 0 saturated carbocycles. The minimum absolute atomic E-state index is 0.0308. The number of Topliss-reactive ketones (excluding diaryl/α,β-unsaturated/α-hetero) is 1. The number of aliphatic imine (C=N–C) groups is 1. The standard InChI is InChI=1S/C21H23ClFN5O2S/c1-21(13-31(30)26-8-2-3-9-28(31)20(24)27-21)16-10-14(4-6-17(16)23)11-19(29)18-7-5-15(22)12-25-18/h4-7,10,12H,2-3,8-9,11,13H2,1H3,(H2,24,27)/t21-,31-/m0/s1. The average Bonchev–Trinajstić information content (AvgIpc) is 2.91. The van der Waals surface area contributed by atoms with Gasteiger partial charge in [0.1, 0.15) is 27.0 Å². The summed E-state index contributed by atoms with van der Waals surface area (Å²) in [5.74, 6) is -0.573. The van der Waals surface area contributed by atoms with Crippen molar-refractivity contribution >= 4 is 33.3 Å². The highest BCUT2D eigenvalue weighted by Gasteiger charge is 2.42. The van der Waals surface area contributed by atoms with Crippen LogP contribution in [0.3, 0.4) is 0 Å². The first-order chi connectivity index (χ1) is 14.7. The SMILES string of the molecule is C[C@@]1(c2cc(CC(=O)c3ccc(Cl)cn3)ccc2F)C[S@]2(=O)=NCCCCN2C(N)=N1. The molecular formula is C21H23ClFN5O2S. The summed E-state index contributed by atoms with van der Waals surface area (Å²) in [6.07, 6.45) is 3.08. The van der Waals surface area contributed by atoms with E-state index in [1.54, 1.807) is 35.5 Å². The number of rotatable bonds is 4. The maximum Gasteiger partial charge on any atom is 0.204 e. The Morgan fingerprint density at radius 2 is 2.13 bits per heavy atom. The van der Waals surface area contributed by atoms with Crippen LogP contribution in [0.2, 0.25) is 5.02 Å². The van der Waals surface area contributed by atoms with Gasteiger partial charge >= 0.3 is 0 Å². The summed E-state index contributed by atoms with van der Waals surface area (Å²) in [5, 5.41) is 0.438. The molecule has 2 aromatic rings. The molecule has 2 N–H and O–H groups in total. The molecule has 0 bridgehead atoms. The lowest BCUT2D eigenvalue weighted by atomic mass is 9.91. The van der Waals surface area contributed by atoms with E-state index in [9.17, 15) is 13.4 Å². The van der Waals surface area contributed by atoms with Crippen LogP contribution in [0.5, 0.6) is 0 Å². The number of nitrogens with two attached hydrogens (primary N) is 1. The third-order valence-corrected chi connectivity index (χ3v) is 8.29. The summed E-state index contributed by atoms with van der Waals surface area (Å²) >= 11 is 5.83. The fraction of sp³-hybridized carbons (Fsp3) is 0.381. The van der Waals surface area contributed by atoms with Gasteiger partial charge in [0.15, 0.2) is 5.78 Å². The summed E-state index contributed by atoms with van der Waals surface area (Å²) in [6.45, 7) is 2.69. The van der Waals surface area contributed by atoms with Gasteiger partial charge in [0.2, 0.25) is 5.96 Å². The van der Waals surface area contributed by atoms with E-state index in [2.05, 4.69) is 14.3 Å². The molecule has 7 nitrogen and oxygen atoms in total. The molecule has 2 atom stereocenters. The van der Waals surface area contributed by atoms with Gasteiger partial charge in [-0.3, -0.25) is 14.1 Å². The predicted molar refractivity (Wildman–Crippen MR) is 119 cm³/mol. The lowest BCUT2D eigenvalue weighted by Gasteiger charge is -2.38. The first kappa shape index (κ1) is 21.7. The van der Waals surface area contributed by atoms with Gasteiger partial charge in [0, 0.05) is 24.7 Å². The molecule has 2 aliphatic rings. The van der Waals surface area contributed by atoms with Gasteiger partial charge in [-0.15, -0.1) is 0 Å². The topological polar surface area (TPSA) is 101 Å². The Kier molecular flexibility index (Phi) is 5.74. The van der Waals surface area contributed by atoms with E-state index in [0.717, 1.165) is 12.8 Å². The van der Waals surface area contributed by atoms with E-state index in [1.165, 1.54) is 12.3 Å². The number of aromatic nitrogens is 1. The second-order valence-corrected chi connectivity index (χ2v) is 10.6. The number of pyridine rings is 1. The van der Waals surface area contributed by atoms with Gasteiger partial charge in [-0.2, -0.15) is 0 Å². The van der Waals surface area contributed by atoms with Crippen LogP contribution in [0.4, 0.5) is 4.39 Å². The second-order valence-electron chi connectivity index (χ2n) is 7.93. The number of halogens is 2. The third kappa shape index (κ3) is 4.29. The molecule has 2 aliphatic heterocycles. The number of fused-ring (bicyclic) bond motifs is 1. The fourth-order valence-electron chi connectivity index (χ4n) is 3.93. The number of ketones is 1. The van der Waals surface area contributed by atoms with Crippen LogP contribution in [0, 0.1) is 5.82 Å². The number of benzene rings is 1. The van der Waals surface area contributed by atoms with Crippen molar-refractivity contribution in [2.45, 2.75) is 31.7 Å².